The molecule has 2 fully saturated rings. The standard InChI is InChI=1S/C12H24N2O/c1-11-9-12(10-11)13-3-2-4-14-5-7-15-8-6-14/h11-13H,2-10H2,1H3. The normalized spacial score (nSPS) is 32.6. The molecular formula is C12H24N2O. The topological polar surface area (TPSA) is 24.5 Å². The third-order valence-corrected chi connectivity index (χ3v) is 3.56. The fourth-order valence-electron chi connectivity index (χ4n) is 2.50. The first-order valence-corrected chi connectivity index (χ1v) is 6.38. The van der Waals surface area contributed by atoms with E-state index in [0.29, 0.717) is 0 Å². The van der Waals surface area contributed by atoms with Crippen LogP contribution in [-0.4, -0.2) is 50.3 Å². The maximum absolute atomic E-state index is 5.33. The Bertz CT molecular complexity index is 174. The van der Waals surface area contributed by atoms with E-state index in [1.165, 1.54) is 32.4 Å². The van der Waals surface area contributed by atoms with Gasteiger partial charge in [0.05, 0.1) is 13.2 Å². The van der Waals surface area contributed by atoms with Gasteiger partial charge in [0.1, 0.15) is 0 Å². The van der Waals surface area contributed by atoms with E-state index in [4.69, 9.17) is 4.74 Å². The molecule has 0 radical (unpaired) electrons. The summed E-state index contributed by atoms with van der Waals surface area (Å²) in [4.78, 5) is 2.51. The first-order valence-electron chi connectivity index (χ1n) is 6.38. The van der Waals surface area contributed by atoms with Crippen LogP contribution in [0.25, 0.3) is 0 Å². The molecule has 1 heterocycles. The van der Waals surface area contributed by atoms with Crippen LogP contribution >= 0.6 is 0 Å². The van der Waals surface area contributed by atoms with E-state index in [-0.39, 0.29) is 0 Å². The van der Waals surface area contributed by atoms with Crippen LogP contribution in [0.15, 0.2) is 0 Å². The van der Waals surface area contributed by atoms with Gasteiger partial charge in [-0.25, -0.2) is 0 Å². The SMILES string of the molecule is CC1CC(NCCCN2CCOCC2)C1. The van der Waals surface area contributed by atoms with E-state index in [1.807, 2.05) is 0 Å². The highest BCUT2D eigenvalue weighted by Gasteiger charge is 2.24. The molecule has 0 atom stereocenters. The van der Waals surface area contributed by atoms with Crippen molar-refractivity contribution in [1.29, 1.82) is 0 Å². The molecule has 3 heteroatoms. The summed E-state index contributed by atoms with van der Waals surface area (Å²) in [5.41, 5.74) is 0. The molecule has 0 amide bonds. The first-order chi connectivity index (χ1) is 7.34. The third kappa shape index (κ3) is 3.74. The van der Waals surface area contributed by atoms with Crippen molar-refractivity contribution in [1.82, 2.24) is 10.2 Å². The molecule has 0 aromatic carbocycles. The van der Waals surface area contributed by atoms with Crippen molar-refractivity contribution in [2.24, 2.45) is 5.92 Å². The lowest BCUT2D eigenvalue weighted by atomic mass is 9.82. The van der Waals surface area contributed by atoms with Gasteiger partial charge in [-0.3, -0.25) is 4.90 Å². The van der Waals surface area contributed by atoms with Crippen LogP contribution in [0.5, 0.6) is 0 Å². The van der Waals surface area contributed by atoms with Crippen molar-refractivity contribution in [3.05, 3.63) is 0 Å². The first kappa shape index (κ1) is 11.4. The zero-order valence-electron chi connectivity index (χ0n) is 9.87. The lowest BCUT2D eigenvalue weighted by Gasteiger charge is -2.34. The van der Waals surface area contributed by atoms with Crippen molar-refractivity contribution in [3.8, 4) is 0 Å². The molecule has 0 spiro atoms. The summed E-state index contributed by atoms with van der Waals surface area (Å²) in [7, 11) is 0. The number of hydrogen-bond acceptors (Lipinski definition) is 3. The monoisotopic (exact) mass is 212 g/mol. The lowest BCUT2D eigenvalue weighted by Crippen LogP contribution is -2.42. The maximum atomic E-state index is 5.33. The summed E-state index contributed by atoms with van der Waals surface area (Å²) in [5.74, 6) is 0.960. The molecule has 2 aliphatic rings. The van der Waals surface area contributed by atoms with Crippen molar-refractivity contribution in [2.75, 3.05) is 39.4 Å². The van der Waals surface area contributed by atoms with E-state index >= 15 is 0 Å². The summed E-state index contributed by atoms with van der Waals surface area (Å²) >= 11 is 0. The van der Waals surface area contributed by atoms with Crippen LogP contribution in [0.3, 0.4) is 0 Å². The fourth-order valence-corrected chi connectivity index (χ4v) is 2.50. The minimum Gasteiger partial charge on any atom is -0.379 e. The van der Waals surface area contributed by atoms with Crippen molar-refractivity contribution in [2.45, 2.75) is 32.2 Å². The molecular weight excluding hydrogens is 188 g/mol. The van der Waals surface area contributed by atoms with Crippen LogP contribution in [0.2, 0.25) is 0 Å². The largest absolute Gasteiger partial charge is 0.379 e. The zero-order valence-corrected chi connectivity index (χ0v) is 9.87. The Morgan fingerprint density at radius 1 is 1.27 bits per heavy atom. The summed E-state index contributed by atoms with van der Waals surface area (Å²) in [6.07, 6.45) is 4.06. The van der Waals surface area contributed by atoms with Crippen LogP contribution < -0.4 is 5.32 Å². The Balaban J connectivity index is 1.44. The van der Waals surface area contributed by atoms with Gasteiger partial charge in [-0.1, -0.05) is 6.92 Å². The summed E-state index contributed by atoms with van der Waals surface area (Å²) in [5, 5.41) is 3.63. The number of morpholine rings is 1. The molecule has 0 aromatic heterocycles. The van der Waals surface area contributed by atoms with Gasteiger partial charge < -0.3 is 10.1 Å². The predicted octanol–water partition coefficient (Wildman–Crippen LogP) is 1.10. The van der Waals surface area contributed by atoms with Gasteiger partial charge in [0.15, 0.2) is 0 Å². The highest BCUT2D eigenvalue weighted by atomic mass is 16.5. The Hall–Kier alpha value is -0.120. The number of ether oxygens (including phenoxy) is 1. The molecule has 0 bridgehead atoms. The van der Waals surface area contributed by atoms with Crippen molar-refractivity contribution >= 4 is 0 Å². The Kier molecular flexibility index (Phi) is 4.42. The second kappa shape index (κ2) is 5.83. The molecule has 88 valence electrons. The smallest absolute Gasteiger partial charge is 0.0594 e. The quantitative estimate of drug-likeness (QED) is 0.691. The van der Waals surface area contributed by atoms with E-state index in [9.17, 15) is 0 Å². The van der Waals surface area contributed by atoms with Gasteiger partial charge in [-0.2, -0.15) is 0 Å². The second-order valence-electron chi connectivity index (χ2n) is 5.04. The van der Waals surface area contributed by atoms with Gasteiger partial charge in [-0.05, 0) is 38.3 Å². The molecule has 1 aliphatic heterocycles. The Labute approximate surface area is 93.2 Å². The fraction of sp³-hybridized carbons (Fsp3) is 1.00. The molecule has 0 unspecified atom stereocenters. The molecule has 1 aliphatic carbocycles. The number of rotatable bonds is 5. The minimum atomic E-state index is 0.824. The van der Waals surface area contributed by atoms with E-state index in [0.717, 1.165) is 38.3 Å². The van der Waals surface area contributed by atoms with E-state index < -0.39 is 0 Å². The molecule has 1 saturated carbocycles. The number of nitrogens with zero attached hydrogens (tertiary/aromatic N) is 1. The second-order valence-corrected chi connectivity index (χ2v) is 5.04. The molecule has 1 N–H and O–H groups in total. The van der Waals surface area contributed by atoms with Gasteiger partial charge in [0, 0.05) is 19.1 Å². The highest BCUT2D eigenvalue weighted by Crippen LogP contribution is 2.25. The van der Waals surface area contributed by atoms with Crippen LogP contribution in [-0.2, 0) is 4.74 Å². The Morgan fingerprint density at radius 3 is 2.67 bits per heavy atom. The summed E-state index contributed by atoms with van der Waals surface area (Å²) < 4.78 is 5.33. The third-order valence-electron chi connectivity index (χ3n) is 3.56. The summed E-state index contributed by atoms with van der Waals surface area (Å²) in [6.45, 7) is 8.86. The predicted molar refractivity (Wildman–Crippen MR) is 62.1 cm³/mol. The van der Waals surface area contributed by atoms with Gasteiger partial charge >= 0.3 is 0 Å². The molecule has 2 rings (SSSR count). The van der Waals surface area contributed by atoms with Gasteiger partial charge in [-0.15, -0.1) is 0 Å². The van der Waals surface area contributed by atoms with Crippen molar-refractivity contribution in [3.63, 3.8) is 0 Å². The minimum absolute atomic E-state index is 0.824. The van der Waals surface area contributed by atoms with Gasteiger partial charge in [0.2, 0.25) is 0 Å². The van der Waals surface area contributed by atoms with Crippen LogP contribution in [0.4, 0.5) is 0 Å². The maximum Gasteiger partial charge on any atom is 0.0594 e. The average Bonchev–Trinajstić information content (AvgIpc) is 2.23. The zero-order chi connectivity index (χ0) is 10.5. The molecule has 1 saturated heterocycles. The van der Waals surface area contributed by atoms with Crippen LogP contribution in [0, 0.1) is 5.92 Å². The molecule has 0 aromatic rings. The molecule has 3 nitrogen and oxygen atoms in total. The Morgan fingerprint density at radius 2 is 2.00 bits per heavy atom. The lowest BCUT2D eigenvalue weighted by molar-refractivity contribution is 0.0372. The van der Waals surface area contributed by atoms with Crippen molar-refractivity contribution < 1.29 is 4.74 Å². The molecule has 15 heavy (non-hydrogen) atoms. The van der Waals surface area contributed by atoms with E-state index in [2.05, 4.69) is 17.1 Å². The van der Waals surface area contributed by atoms with Crippen LogP contribution in [0.1, 0.15) is 26.2 Å². The number of hydrogen-bond donors (Lipinski definition) is 1. The van der Waals surface area contributed by atoms with E-state index in [1.54, 1.807) is 0 Å². The highest BCUT2D eigenvalue weighted by molar-refractivity contribution is 4.82. The summed E-state index contributed by atoms with van der Waals surface area (Å²) in [6, 6.07) is 0.824. The average molecular weight is 212 g/mol. The van der Waals surface area contributed by atoms with Gasteiger partial charge in [0.25, 0.3) is 0 Å². The number of nitrogens with one attached hydrogen (secondary N) is 1.